The van der Waals surface area contributed by atoms with Gasteiger partial charge in [0.25, 0.3) is 0 Å². The van der Waals surface area contributed by atoms with Crippen LogP contribution in [0.2, 0.25) is 0 Å². The van der Waals surface area contributed by atoms with Gasteiger partial charge in [-0.25, -0.2) is 0 Å². The van der Waals surface area contributed by atoms with Gasteiger partial charge in [-0.3, -0.25) is 4.79 Å². The second-order valence-corrected chi connectivity index (χ2v) is 4.73. The molecule has 0 aromatic heterocycles. The number of hydrogen-bond donors (Lipinski definition) is 2. The molecule has 1 saturated carbocycles. The maximum atomic E-state index is 11.6. The van der Waals surface area contributed by atoms with Gasteiger partial charge in [0.15, 0.2) is 0 Å². The fourth-order valence-corrected chi connectivity index (χ4v) is 2.00. The van der Waals surface area contributed by atoms with E-state index in [0.29, 0.717) is 11.8 Å². The number of aliphatic hydroxyl groups is 1. The maximum Gasteiger partial charge on any atom is 0.223 e. The molecule has 88 valence electrons. The van der Waals surface area contributed by atoms with Crippen molar-refractivity contribution in [3.63, 3.8) is 0 Å². The van der Waals surface area contributed by atoms with Gasteiger partial charge in [0.2, 0.25) is 5.91 Å². The zero-order valence-electron chi connectivity index (χ0n) is 9.83. The lowest BCUT2D eigenvalue weighted by molar-refractivity contribution is -0.122. The summed E-state index contributed by atoms with van der Waals surface area (Å²) in [6.07, 6.45) is 4.04. The molecule has 1 fully saturated rings. The summed E-state index contributed by atoms with van der Waals surface area (Å²) in [5.74, 6) is 1.49. The van der Waals surface area contributed by atoms with Gasteiger partial charge in [0.05, 0.1) is 0 Å². The molecule has 0 aromatic rings. The predicted molar refractivity (Wildman–Crippen MR) is 60.4 cm³/mol. The van der Waals surface area contributed by atoms with Crippen molar-refractivity contribution in [2.24, 2.45) is 17.8 Å². The van der Waals surface area contributed by atoms with Crippen LogP contribution in [-0.4, -0.2) is 24.2 Å². The fraction of sp³-hybridized carbons (Fsp3) is 0.917. The fourth-order valence-electron chi connectivity index (χ4n) is 2.00. The van der Waals surface area contributed by atoms with Crippen LogP contribution in [0.25, 0.3) is 0 Å². The Bertz CT molecular complexity index is 200. The number of carbonyl (C=O) groups is 1. The van der Waals surface area contributed by atoms with Crippen LogP contribution < -0.4 is 5.32 Å². The van der Waals surface area contributed by atoms with Crippen molar-refractivity contribution in [3.8, 4) is 0 Å². The van der Waals surface area contributed by atoms with E-state index in [1.807, 2.05) is 0 Å². The van der Waals surface area contributed by atoms with Gasteiger partial charge in [-0.15, -0.1) is 0 Å². The van der Waals surface area contributed by atoms with E-state index in [4.69, 9.17) is 5.11 Å². The van der Waals surface area contributed by atoms with Crippen LogP contribution in [0.4, 0.5) is 0 Å². The molecule has 0 bridgehead atoms. The Balaban J connectivity index is 2.17. The van der Waals surface area contributed by atoms with Crippen molar-refractivity contribution >= 4 is 5.91 Å². The number of rotatable bonds is 7. The average molecular weight is 213 g/mol. The second kappa shape index (κ2) is 6.11. The minimum atomic E-state index is 0.210. The summed E-state index contributed by atoms with van der Waals surface area (Å²) in [6.45, 7) is 5.20. The SMILES string of the molecule is CCCC(CCO)CNC(=O)C1CC1C. The topological polar surface area (TPSA) is 49.3 Å². The standard InChI is InChI=1S/C12H23NO2/c1-3-4-10(5-6-14)8-13-12(15)11-7-9(11)2/h9-11,14H,3-8H2,1-2H3,(H,13,15). The first-order valence-electron chi connectivity index (χ1n) is 6.07. The van der Waals surface area contributed by atoms with Gasteiger partial charge in [-0.2, -0.15) is 0 Å². The summed E-state index contributed by atoms with van der Waals surface area (Å²) in [6, 6.07) is 0. The quantitative estimate of drug-likeness (QED) is 0.674. The van der Waals surface area contributed by atoms with Gasteiger partial charge < -0.3 is 10.4 Å². The van der Waals surface area contributed by atoms with Crippen LogP contribution in [-0.2, 0) is 4.79 Å². The van der Waals surface area contributed by atoms with E-state index >= 15 is 0 Å². The summed E-state index contributed by atoms with van der Waals surface area (Å²) in [5.41, 5.74) is 0. The van der Waals surface area contributed by atoms with Crippen molar-refractivity contribution < 1.29 is 9.90 Å². The van der Waals surface area contributed by atoms with Gasteiger partial charge >= 0.3 is 0 Å². The summed E-state index contributed by atoms with van der Waals surface area (Å²) in [7, 11) is 0. The van der Waals surface area contributed by atoms with E-state index in [-0.39, 0.29) is 18.4 Å². The zero-order valence-corrected chi connectivity index (χ0v) is 9.83. The molecule has 15 heavy (non-hydrogen) atoms. The lowest BCUT2D eigenvalue weighted by atomic mass is 10.0. The van der Waals surface area contributed by atoms with Crippen LogP contribution in [0.5, 0.6) is 0 Å². The van der Waals surface area contributed by atoms with Crippen molar-refractivity contribution in [3.05, 3.63) is 0 Å². The van der Waals surface area contributed by atoms with Crippen molar-refractivity contribution in [1.29, 1.82) is 0 Å². The highest BCUT2D eigenvalue weighted by atomic mass is 16.3. The normalized spacial score (nSPS) is 26.1. The molecule has 3 heteroatoms. The number of nitrogens with one attached hydrogen (secondary N) is 1. The van der Waals surface area contributed by atoms with Gasteiger partial charge in [0, 0.05) is 19.1 Å². The largest absolute Gasteiger partial charge is 0.396 e. The molecule has 1 amide bonds. The third-order valence-electron chi connectivity index (χ3n) is 3.25. The van der Waals surface area contributed by atoms with Crippen molar-refractivity contribution in [2.45, 2.75) is 39.5 Å². The summed E-state index contributed by atoms with van der Waals surface area (Å²) in [5, 5.41) is 11.9. The first-order chi connectivity index (χ1) is 7.19. The van der Waals surface area contributed by atoms with Crippen molar-refractivity contribution in [2.75, 3.05) is 13.2 Å². The molecule has 0 heterocycles. The van der Waals surface area contributed by atoms with Crippen LogP contribution in [0.3, 0.4) is 0 Å². The first-order valence-corrected chi connectivity index (χ1v) is 6.07. The molecule has 0 radical (unpaired) electrons. The molecule has 1 rings (SSSR count). The second-order valence-electron chi connectivity index (χ2n) is 4.73. The van der Waals surface area contributed by atoms with Crippen molar-refractivity contribution in [1.82, 2.24) is 5.32 Å². The summed E-state index contributed by atoms with van der Waals surface area (Å²) in [4.78, 5) is 11.6. The lowest BCUT2D eigenvalue weighted by Gasteiger charge is -2.15. The highest BCUT2D eigenvalue weighted by molar-refractivity contribution is 5.81. The Morgan fingerprint density at radius 2 is 2.20 bits per heavy atom. The zero-order chi connectivity index (χ0) is 11.3. The Morgan fingerprint density at radius 3 is 2.67 bits per heavy atom. The number of carbonyl (C=O) groups excluding carboxylic acids is 1. The van der Waals surface area contributed by atoms with E-state index in [0.717, 1.165) is 32.2 Å². The summed E-state index contributed by atoms with van der Waals surface area (Å²) < 4.78 is 0. The van der Waals surface area contributed by atoms with E-state index in [9.17, 15) is 4.79 Å². The van der Waals surface area contributed by atoms with Crippen LogP contribution >= 0.6 is 0 Å². The maximum absolute atomic E-state index is 11.6. The minimum Gasteiger partial charge on any atom is -0.396 e. The molecule has 3 unspecified atom stereocenters. The molecule has 0 aliphatic heterocycles. The van der Waals surface area contributed by atoms with E-state index in [2.05, 4.69) is 19.2 Å². The predicted octanol–water partition coefficient (Wildman–Crippen LogP) is 1.56. The summed E-state index contributed by atoms with van der Waals surface area (Å²) >= 11 is 0. The van der Waals surface area contributed by atoms with E-state index in [1.165, 1.54) is 0 Å². The molecule has 0 spiro atoms. The molecular weight excluding hydrogens is 190 g/mol. The first kappa shape index (κ1) is 12.5. The van der Waals surface area contributed by atoms with Gasteiger partial charge in [0.1, 0.15) is 0 Å². The molecule has 3 nitrogen and oxygen atoms in total. The molecular formula is C12H23NO2. The number of amides is 1. The Hall–Kier alpha value is -0.570. The highest BCUT2D eigenvalue weighted by Gasteiger charge is 2.38. The minimum absolute atomic E-state index is 0.210. The molecule has 3 atom stereocenters. The van der Waals surface area contributed by atoms with Gasteiger partial charge in [-0.1, -0.05) is 20.3 Å². The monoisotopic (exact) mass is 213 g/mol. The molecule has 0 aromatic carbocycles. The number of hydrogen-bond acceptors (Lipinski definition) is 2. The highest BCUT2D eigenvalue weighted by Crippen LogP contribution is 2.37. The third-order valence-corrected chi connectivity index (χ3v) is 3.25. The lowest BCUT2D eigenvalue weighted by Crippen LogP contribution is -2.31. The van der Waals surface area contributed by atoms with E-state index < -0.39 is 0 Å². The third kappa shape index (κ3) is 4.20. The number of aliphatic hydroxyl groups excluding tert-OH is 1. The molecule has 2 N–H and O–H groups in total. The molecule has 1 aliphatic rings. The molecule has 1 aliphatic carbocycles. The van der Waals surface area contributed by atoms with Crippen LogP contribution in [0.1, 0.15) is 39.5 Å². The smallest absolute Gasteiger partial charge is 0.223 e. The van der Waals surface area contributed by atoms with Crippen LogP contribution in [0, 0.1) is 17.8 Å². The Labute approximate surface area is 92.3 Å². The Kier molecular flexibility index (Phi) is 5.09. The average Bonchev–Trinajstić information content (AvgIpc) is 2.92. The van der Waals surface area contributed by atoms with Gasteiger partial charge in [-0.05, 0) is 31.1 Å². The molecule has 0 saturated heterocycles. The van der Waals surface area contributed by atoms with E-state index in [1.54, 1.807) is 0 Å². The Morgan fingerprint density at radius 1 is 1.53 bits per heavy atom. The van der Waals surface area contributed by atoms with Crippen LogP contribution in [0.15, 0.2) is 0 Å².